The number of aliphatic hydroxyl groups excluding tert-OH is 1. The largest absolute Gasteiger partial charge is 0.390 e. The van der Waals surface area contributed by atoms with Crippen molar-refractivity contribution in [3.63, 3.8) is 0 Å². The second-order valence-corrected chi connectivity index (χ2v) is 16.9. The number of rotatable bonds is 12. The lowest BCUT2D eigenvalue weighted by atomic mass is 9.72. The maximum atomic E-state index is 13.5. The summed E-state index contributed by atoms with van der Waals surface area (Å²) in [6, 6.07) is 8.79. The van der Waals surface area contributed by atoms with Crippen LogP contribution in [0.3, 0.4) is 0 Å². The fraction of sp³-hybridized carbons (Fsp3) is 0.750. The van der Waals surface area contributed by atoms with Crippen LogP contribution >= 0.6 is 11.8 Å². The van der Waals surface area contributed by atoms with Gasteiger partial charge in [-0.15, -0.1) is 11.8 Å². The first-order valence-corrected chi connectivity index (χ1v) is 18.7. The number of nitrogens with one attached hydrogen (secondary N) is 2. The molecule has 1 aromatic carbocycles. The fourth-order valence-corrected chi connectivity index (χ4v) is 9.32. The highest BCUT2D eigenvalue weighted by atomic mass is 32.2. The van der Waals surface area contributed by atoms with Gasteiger partial charge in [-0.3, -0.25) is 14.5 Å². The second kappa shape index (κ2) is 15.7. The van der Waals surface area contributed by atoms with Gasteiger partial charge in [-0.25, -0.2) is 8.42 Å². The number of nitrogens with zero attached hydrogens (tertiary/aromatic N) is 2. The number of fused-ring (bicyclic) bond motifs is 1. The Balaban J connectivity index is 1.48. The number of aliphatic hydroxyl groups is 1. The van der Waals surface area contributed by atoms with Crippen LogP contribution in [-0.2, 0) is 24.3 Å². The maximum absolute atomic E-state index is 13.5. The van der Waals surface area contributed by atoms with Gasteiger partial charge in [0, 0.05) is 42.4 Å². The summed E-state index contributed by atoms with van der Waals surface area (Å²) < 4.78 is 32.7. The lowest BCUT2D eigenvalue weighted by Gasteiger charge is -2.47. The van der Waals surface area contributed by atoms with Crippen molar-refractivity contribution in [1.82, 2.24) is 19.8 Å². The highest BCUT2D eigenvalue weighted by Crippen LogP contribution is 2.39. The summed E-state index contributed by atoms with van der Waals surface area (Å²) in [5.74, 6) is -0.140. The molecule has 3 fully saturated rings. The first kappa shape index (κ1) is 35.2. The number of sulfonamides is 1. The molecular weight excluding hydrogens is 601 g/mol. The molecule has 248 valence electrons. The van der Waals surface area contributed by atoms with E-state index in [0.29, 0.717) is 30.8 Å². The Morgan fingerprint density at radius 1 is 1.09 bits per heavy atom. The third kappa shape index (κ3) is 10.2. The van der Waals surface area contributed by atoms with Gasteiger partial charge >= 0.3 is 0 Å². The van der Waals surface area contributed by atoms with Gasteiger partial charge in [-0.2, -0.15) is 4.31 Å². The minimum Gasteiger partial charge on any atom is -0.390 e. The molecule has 6 unspecified atom stereocenters. The molecule has 0 radical (unpaired) electrons. The molecule has 1 aliphatic carbocycles. The van der Waals surface area contributed by atoms with Crippen molar-refractivity contribution in [2.24, 2.45) is 17.8 Å². The number of benzene rings is 1. The van der Waals surface area contributed by atoms with Gasteiger partial charge in [0.05, 0.1) is 43.1 Å². The van der Waals surface area contributed by atoms with Gasteiger partial charge in [-0.05, 0) is 57.6 Å². The lowest BCUT2D eigenvalue weighted by Crippen LogP contribution is -2.60. The third-order valence-corrected chi connectivity index (χ3v) is 12.2. The number of β-amino-alcohol motifs (C(OH)–C–C–N with tert-alkyl or cyclic N) is 1. The summed E-state index contributed by atoms with van der Waals surface area (Å²) in [4.78, 5) is 30.1. The standard InChI is InChI=1S/C32H52N4O6S2/c1-23(22-44(40,41)36-14-16-42-17-15-36)30(38)33-27(21-43-26-12-6-5-7-13-26)29(37)20-35-19-25-11-9-8-10-24(25)18-28(35)31(39)34-32(2,3)4/h5-7,12-13,23-25,27-29,37H,8-11,14-22H2,1-4H3,(H,33,38)(H,34,39). The zero-order valence-corrected chi connectivity index (χ0v) is 28.4. The number of hydrogen-bond acceptors (Lipinski definition) is 8. The molecule has 4 rings (SSSR count). The van der Waals surface area contributed by atoms with Gasteiger partial charge in [-0.1, -0.05) is 44.4 Å². The summed E-state index contributed by atoms with van der Waals surface area (Å²) in [5, 5.41) is 17.8. The van der Waals surface area contributed by atoms with E-state index in [2.05, 4.69) is 15.5 Å². The monoisotopic (exact) mass is 652 g/mol. The average Bonchev–Trinajstić information content (AvgIpc) is 2.98. The Morgan fingerprint density at radius 3 is 2.41 bits per heavy atom. The highest BCUT2D eigenvalue weighted by Gasteiger charge is 2.42. The molecule has 10 nitrogen and oxygen atoms in total. The van der Waals surface area contributed by atoms with Crippen LogP contribution in [0, 0.1) is 17.8 Å². The molecule has 3 aliphatic rings. The minimum absolute atomic E-state index is 0.0186. The van der Waals surface area contributed by atoms with Crippen molar-refractivity contribution in [3.05, 3.63) is 30.3 Å². The van der Waals surface area contributed by atoms with Crippen molar-refractivity contribution in [2.75, 3.05) is 50.9 Å². The smallest absolute Gasteiger partial charge is 0.237 e. The summed E-state index contributed by atoms with van der Waals surface area (Å²) in [6.07, 6.45) is 4.46. The Hall–Kier alpha value is -1.70. The van der Waals surface area contributed by atoms with Gasteiger partial charge in [0.1, 0.15) is 0 Å². The zero-order chi connectivity index (χ0) is 31.9. The molecule has 2 aliphatic heterocycles. The molecular formula is C32H52N4O6S2. The summed E-state index contributed by atoms with van der Waals surface area (Å²) >= 11 is 1.53. The van der Waals surface area contributed by atoms with Gasteiger partial charge in [0.25, 0.3) is 0 Å². The second-order valence-electron chi connectivity index (χ2n) is 13.7. The summed E-state index contributed by atoms with van der Waals surface area (Å²) in [5.41, 5.74) is -0.370. The predicted molar refractivity (Wildman–Crippen MR) is 174 cm³/mol. The minimum atomic E-state index is -3.63. The van der Waals surface area contributed by atoms with Crippen LogP contribution in [0.25, 0.3) is 0 Å². The van der Waals surface area contributed by atoms with E-state index in [1.165, 1.54) is 28.9 Å². The van der Waals surface area contributed by atoms with E-state index in [4.69, 9.17) is 4.74 Å². The SMILES string of the molecule is CC(CS(=O)(=O)N1CCOCC1)C(=O)NC(CSc1ccccc1)C(O)CN1CC2CCCCC2CC1C(=O)NC(C)(C)C. The predicted octanol–water partition coefficient (Wildman–Crippen LogP) is 2.72. The van der Waals surface area contributed by atoms with Crippen molar-refractivity contribution in [2.45, 2.75) is 88.4 Å². The van der Waals surface area contributed by atoms with Crippen LogP contribution in [0.1, 0.15) is 59.8 Å². The molecule has 6 atom stereocenters. The van der Waals surface area contributed by atoms with Crippen LogP contribution in [0.4, 0.5) is 0 Å². The van der Waals surface area contributed by atoms with E-state index in [-0.39, 0.29) is 42.9 Å². The van der Waals surface area contributed by atoms with E-state index in [1.54, 1.807) is 6.92 Å². The molecule has 0 aromatic heterocycles. The van der Waals surface area contributed by atoms with Gasteiger partial charge < -0.3 is 20.5 Å². The number of piperidine rings is 1. The summed E-state index contributed by atoms with van der Waals surface area (Å²) in [6.45, 7) is 9.78. The maximum Gasteiger partial charge on any atom is 0.237 e. The van der Waals surface area contributed by atoms with Crippen molar-refractivity contribution < 1.29 is 27.9 Å². The molecule has 44 heavy (non-hydrogen) atoms. The van der Waals surface area contributed by atoms with E-state index >= 15 is 0 Å². The molecule has 0 bridgehead atoms. The first-order valence-electron chi connectivity index (χ1n) is 16.1. The Bertz CT molecular complexity index is 1190. The number of morpholine rings is 1. The van der Waals surface area contributed by atoms with Crippen LogP contribution in [-0.4, -0.2) is 109 Å². The lowest BCUT2D eigenvalue weighted by molar-refractivity contribution is -0.133. The van der Waals surface area contributed by atoms with E-state index < -0.39 is 34.0 Å². The van der Waals surface area contributed by atoms with E-state index in [0.717, 1.165) is 30.7 Å². The van der Waals surface area contributed by atoms with E-state index in [9.17, 15) is 23.1 Å². The first-order chi connectivity index (χ1) is 20.8. The van der Waals surface area contributed by atoms with E-state index in [1.807, 2.05) is 51.1 Å². The number of thioether (sulfide) groups is 1. The quantitative estimate of drug-likeness (QED) is 0.294. The third-order valence-electron chi connectivity index (χ3n) is 8.96. The number of likely N-dealkylation sites (tertiary alicyclic amines) is 1. The van der Waals surface area contributed by atoms with Gasteiger partial charge in [0.15, 0.2) is 0 Å². The van der Waals surface area contributed by atoms with Crippen molar-refractivity contribution in [3.8, 4) is 0 Å². The molecule has 0 spiro atoms. The normalized spacial score (nSPS) is 25.8. The van der Waals surface area contributed by atoms with Crippen LogP contribution in [0.15, 0.2) is 35.2 Å². The highest BCUT2D eigenvalue weighted by molar-refractivity contribution is 7.99. The van der Waals surface area contributed by atoms with Crippen LogP contribution < -0.4 is 10.6 Å². The number of amides is 2. The number of hydrogen-bond donors (Lipinski definition) is 3. The molecule has 3 N–H and O–H groups in total. The zero-order valence-electron chi connectivity index (χ0n) is 26.7. The topological polar surface area (TPSA) is 128 Å². The molecule has 2 saturated heterocycles. The molecule has 12 heteroatoms. The molecule has 1 saturated carbocycles. The Morgan fingerprint density at radius 2 is 1.75 bits per heavy atom. The number of ether oxygens (including phenoxy) is 1. The van der Waals surface area contributed by atoms with Crippen LogP contribution in [0.2, 0.25) is 0 Å². The molecule has 2 amide bonds. The summed E-state index contributed by atoms with van der Waals surface area (Å²) in [7, 11) is -3.63. The average molecular weight is 653 g/mol. The molecule has 1 aromatic rings. The van der Waals surface area contributed by atoms with Gasteiger partial charge in [0.2, 0.25) is 21.8 Å². The van der Waals surface area contributed by atoms with Crippen molar-refractivity contribution >= 4 is 33.6 Å². The fourth-order valence-electron chi connectivity index (χ4n) is 6.59. The van der Waals surface area contributed by atoms with Crippen LogP contribution in [0.5, 0.6) is 0 Å². The Kier molecular flexibility index (Phi) is 12.6. The van der Waals surface area contributed by atoms with Crippen molar-refractivity contribution in [1.29, 1.82) is 0 Å². The Labute approximate surface area is 268 Å². The number of carbonyl (C=O) groups excluding carboxylic acids is 2. The number of carbonyl (C=O) groups is 2. The molecule has 2 heterocycles.